The van der Waals surface area contributed by atoms with E-state index < -0.39 is 0 Å². The van der Waals surface area contributed by atoms with Crippen LogP contribution in [-0.2, 0) is 22.6 Å². The molecule has 1 unspecified atom stereocenters. The van der Waals surface area contributed by atoms with Gasteiger partial charge in [-0.15, -0.1) is 0 Å². The molecule has 126 valence electrons. The van der Waals surface area contributed by atoms with Crippen LogP contribution < -0.4 is 0 Å². The van der Waals surface area contributed by atoms with Crippen LogP contribution in [0.3, 0.4) is 0 Å². The van der Waals surface area contributed by atoms with Gasteiger partial charge in [0, 0.05) is 17.6 Å². The number of nitrogens with zero attached hydrogens (tertiary/aromatic N) is 3. The fourth-order valence-electron chi connectivity index (χ4n) is 3.04. The van der Waals surface area contributed by atoms with Gasteiger partial charge in [0.2, 0.25) is 0 Å². The smallest absolute Gasteiger partial charge is 0.274 e. The third-order valence-electron chi connectivity index (χ3n) is 4.39. The van der Waals surface area contributed by atoms with Gasteiger partial charge in [0.1, 0.15) is 6.10 Å². The predicted molar refractivity (Wildman–Crippen MR) is 90.6 cm³/mol. The van der Waals surface area contributed by atoms with Crippen molar-refractivity contribution in [3.63, 3.8) is 0 Å². The molecule has 1 fully saturated rings. The fourth-order valence-corrected chi connectivity index (χ4v) is 3.30. The first-order chi connectivity index (χ1) is 11.7. The molecule has 1 aromatic carbocycles. The van der Waals surface area contributed by atoms with Crippen LogP contribution in [0, 0.1) is 0 Å². The summed E-state index contributed by atoms with van der Waals surface area (Å²) >= 11 is 3.44. The van der Waals surface area contributed by atoms with E-state index in [0.717, 1.165) is 15.7 Å². The molecule has 0 bridgehead atoms. The summed E-state index contributed by atoms with van der Waals surface area (Å²) < 4.78 is 14.2. The topological polar surface area (TPSA) is 56.6 Å². The summed E-state index contributed by atoms with van der Waals surface area (Å²) in [4.78, 5) is 14.4. The molecule has 7 heteroatoms. The van der Waals surface area contributed by atoms with E-state index in [1.807, 2.05) is 35.0 Å². The SMILES string of the molecule is O=C(c1cc2n(n1)CC(c1ccc(Br)cc1)OC2)N1CCOCC1. The molecule has 0 aliphatic carbocycles. The zero-order chi connectivity index (χ0) is 16.5. The maximum Gasteiger partial charge on any atom is 0.274 e. The molecule has 0 spiro atoms. The van der Waals surface area contributed by atoms with Crippen LogP contribution in [0.25, 0.3) is 0 Å². The highest BCUT2D eigenvalue weighted by Crippen LogP contribution is 2.27. The number of amides is 1. The van der Waals surface area contributed by atoms with Crippen LogP contribution in [0.2, 0.25) is 0 Å². The van der Waals surface area contributed by atoms with E-state index in [9.17, 15) is 4.79 Å². The number of halogens is 1. The Hall–Kier alpha value is -1.70. The van der Waals surface area contributed by atoms with Gasteiger partial charge in [-0.05, 0) is 23.8 Å². The van der Waals surface area contributed by atoms with Gasteiger partial charge in [0.25, 0.3) is 5.91 Å². The Morgan fingerprint density at radius 2 is 1.96 bits per heavy atom. The Bertz CT molecular complexity index is 738. The summed E-state index contributed by atoms with van der Waals surface area (Å²) in [5.41, 5.74) is 2.55. The van der Waals surface area contributed by atoms with Crippen molar-refractivity contribution in [2.24, 2.45) is 0 Å². The number of morpholine rings is 1. The van der Waals surface area contributed by atoms with Crippen LogP contribution in [0.4, 0.5) is 0 Å². The highest BCUT2D eigenvalue weighted by Gasteiger charge is 2.26. The van der Waals surface area contributed by atoms with Crippen molar-refractivity contribution in [1.82, 2.24) is 14.7 Å². The lowest BCUT2D eigenvalue weighted by Gasteiger charge is -2.26. The average molecular weight is 392 g/mol. The number of fused-ring (bicyclic) bond motifs is 1. The van der Waals surface area contributed by atoms with E-state index in [1.165, 1.54) is 0 Å². The monoisotopic (exact) mass is 391 g/mol. The Morgan fingerprint density at radius 3 is 2.71 bits per heavy atom. The zero-order valence-electron chi connectivity index (χ0n) is 13.2. The summed E-state index contributed by atoms with van der Waals surface area (Å²) in [6, 6.07) is 9.94. The predicted octanol–water partition coefficient (Wildman–Crippen LogP) is 2.39. The third-order valence-corrected chi connectivity index (χ3v) is 4.92. The minimum absolute atomic E-state index is 0.0274. The second kappa shape index (κ2) is 6.66. The first-order valence-electron chi connectivity index (χ1n) is 8.01. The Morgan fingerprint density at radius 1 is 1.21 bits per heavy atom. The number of carbonyl (C=O) groups excluding carboxylic acids is 1. The van der Waals surface area contributed by atoms with Crippen molar-refractivity contribution in [2.45, 2.75) is 19.3 Å². The number of aromatic nitrogens is 2. The molecular formula is C17H18BrN3O3. The lowest BCUT2D eigenvalue weighted by Crippen LogP contribution is -2.40. The molecular weight excluding hydrogens is 374 g/mol. The lowest BCUT2D eigenvalue weighted by molar-refractivity contribution is -0.00127. The maximum atomic E-state index is 12.6. The number of ether oxygens (including phenoxy) is 2. The van der Waals surface area contributed by atoms with Gasteiger partial charge < -0.3 is 14.4 Å². The summed E-state index contributed by atoms with van der Waals surface area (Å²) in [6.07, 6.45) is -0.0446. The molecule has 6 nitrogen and oxygen atoms in total. The average Bonchev–Trinajstić information content (AvgIpc) is 3.05. The van der Waals surface area contributed by atoms with E-state index >= 15 is 0 Å². The van der Waals surface area contributed by atoms with Gasteiger partial charge in [-0.3, -0.25) is 9.48 Å². The standard InChI is InChI=1S/C17H18BrN3O3/c18-13-3-1-12(2-4-13)16-10-21-14(11-24-16)9-15(19-21)17(22)20-5-7-23-8-6-20/h1-4,9,16H,5-8,10-11H2. The summed E-state index contributed by atoms with van der Waals surface area (Å²) in [5.74, 6) is -0.0274. The molecule has 0 saturated carbocycles. The molecule has 2 aliphatic heterocycles. The molecule has 3 heterocycles. The number of rotatable bonds is 2. The highest BCUT2D eigenvalue weighted by molar-refractivity contribution is 9.10. The second-order valence-electron chi connectivity index (χ2n) is 5.96. The van der Waals surface area contributed by atoms with E-state index in [-0.39, 0.29) is 12.0 Å². The molecule has 0 radical (unpaired) electrons. The Balaban J connectivity index is 1.51. The van der Waals surface area contributed by atoms with Gasteiger partial charge in [0.15, 0.2) is 5.69 Å². The van der Waals surface area contributed by atoms with Gasteiger partial charge in [-0.1, -0.05) is 28.1 Å². The van der Waals surface area contributed by atoms with Crippen LogP contribution in [0.1, 0.15) is 27.8 Å². The van der Waals surface area contributed by atoms with E-state index in [2.05, 4.69) is 21.0 Å². The van der Waals surface area contributed by atoms with Gasteiger partial charge in [-0.25, -0.2) is 0 Å². The van der Waals surface area contributed by atoms with Crippen LogP contribution in [0.15, 0.2) is 34.8 Å². The van der Waals surface area contributed by atoms with E-state index in [4.69, 9.17) is 9.47 Å². The number of hydrogen-bond acceptors (Lipinski definition) is 4. The quantitative estimate of drug-likeness (QED) is 0.788. The number of benzene rings is 1. The van der Waals surface area contributed by atoms with Crippen molar-refractivity contribution in [3.05, 3.63) is 51.8 Å². The van der Waals surface area contributed by atoms with Gasteiger partial charge >= 0.3 is 0 Å². The molecule has 1 amide bonds. The van der Waals surface area contributed by atoms with Crippen LogP contribution in [-0.4, -0.2) is 46.9 Å². The van der Waals surface area contributed by atoms with Crippen LogP contribution in [0.5, 0.6) is 0 Å². The number of hydrogen-bond donors (Lipinski definition) is 0. The lowest BCUT2D eigenvalue weighted by atomic mass is 10.1. The van der Waals surface area contributed by atoms with Crippen molar-refractivity contribution in [1.29, 1.82) is 0 Å². The molecule has 0 N–H and O–H groups in total. The summed E-state index contributed by atoms with van der Waals surface area (Å²) in [5, 5.41) is 4.51. The fraction of sp³-hybridized carbons (Fsp3) is 0.412. The van der Waals surface area contributed by atoms with Crippen molar-refractivity contribution >= 4 is 21.8 Å². The van der Waals surface area contributed by atoms with Crippen molar-refractivity contribution in [3.8, 4) is 0 Å². The van der Waals surface area contributed by atoms with Crippen molar-refractivity contribution < 1.29 is 14.3 Å². The molecule has 1 saturated heterocycles. The molecule has 1 atom stereocenters. The summed E-state index contributed by atoms with van der Waals surface area (Å²) in [7, 11) is 0. The largest absolute Gasteiger partial charge is 0.378 e. The third kappa shape index (κ3) is 3.11. The summed E-state index contributed by atoms with van der Waals surface area (Å²) in [6.45, 7) is 3.51. The first kappa shape index (κ1) is 15.8. The molecule has 1 aromatic heterocycles. The normalized spacial score (nSPS) is 20.7. The highest BCUT2D eigenvalue weighted by atomic mass is 79.9. The van der Waals surface area contributed by atoms with Gasteiger partial charge in [-0.2, -0.15) is 5.10 Å². The Kier molecular flexibility index (Phi) is 4.39. The van der Waals surface area contributed by atoms with E-state index in [0.29, 0.717) is 45.1 Å². The second-order valence-corrected chi connectivity index (χ2v) is 6.87. The molecule has 4 rings (SSSR count). The van der Waals surface area contributed by atoms with Crippen LogP contribution >= 0.6 is 15.9 Å². The Labute approximate surface area is 148 Å². The maximum absolute atomic E-state index is 12.6. The first-order valence-corrected chi connectivity index (χ1v) is 8.81. The van der Waals surface area contributed by atoms with E-state index in [1.54, 1.807) is 4.90 Å². The molecule has 2 aromatic rings. The zero-order valence-corrected chi connectivity index (χ0v) is 14.7. The molecule has 2 aliphatic rings. The van der Waals surface area contributed by atoms with Gasteiger partial charge in [0.05, 0.1) is 32.1 Å². The van der Waals surface area contributed by atoms with Crippen molar-refractivity contribution in [2.75, 3.05) is 26.3 Å². The number of carbonyl (C=O) groups is 1. The minimum atomic E-state index is -0.0446. The minimum Gasteiger partial charge on any atom is -0.378 e. The molecule has 24 heavy (non-hydrogen) atoms.